The summed E-state index contributed by atoms with van der Waals surface area (Å²) >= 11 is 0. The first-order valence-electron chi connectivity index (χ1n) is 15.8. The van der Waals surface area contributed by atoms with Crippen molar-refractivity contribution in [2.45, 2.75) is 18.3 Å². The highest BCUT2D eigenvalue weighted by atomic mass is 16.3. The maximum absolute atomic E-state index is 6.92. The summed E-state index contributed by atoms with van der Waals surface area (Å²) in [6, 6.07) is 54.5. The molecule has 9 rings (SSSR count). The lowest BCUT2D eigenvalue weighted by molar-refractivity contribution is 0.647. The predicted octanol–water partition coefficient (Wildman–Crippen LogP) is 11.5. The van der Waals surface area contributed by atoms with E-state index in [0.717, 1.165) is 51.8 Å². The van der Waals surface area contributed by atoms with E-state index in [4.69, 9.17) is 4.42 Å². The van der Waals surface area contributed by atoms with Crippen LogP contribution in [0.25, 0.3) is 27.5 Å². The van der Waals surface area contributed by atoms with Crippen LogP contribution in [0.3, 0.4) is 0 Å². The predicted molar refractivity (Wildman–Crippen MR) is 186 cm³/mol. The molecule has 1 atom stereocenters. The van der Waals surface area contributed by atoms with Gasteiger partial charge in [-0.15, -0.1) is 0 Å². The summed E-state index contributed by atoms with van der Waals surface area (Å²) in [5.41, 5.74) is 12.3. The molecule has 2 nitrogen and oxygen atoms in total. The maximum atomic E-state index is 6.92. The molecule has 1 unspecified atom stereocenters. The molecule has 0 radical (unpaired) electrons. The van der Waals surface area contributed by atoms with Gasteiger partial charge >= 0.3 is 0 Å². The molecule has 2 heteroatoms. The summed E-state index contributed by atoms with van der Waals surface area (Å²) in [6.07, 6.45) is 6.99. The van der Waals surface area contributed by atoms with E-state index in [1.807, 2.05) is 0 Å². The fourth-order valence-corrected chi connectivity index (χ4v) is 7.74. The van der Waals surface area contributed by atoms with E-state index in [0.29, 0.717) is 0 Å². The van der Waals surface area contributed by atoms with Crippen LogP contribution in [0.4, 0.5) is 17.1 Å². The van der Waals surface area contributed by atoms with E-state index in [9.17, 15) is 0 Å². The molecule has 45 heavy (non-hydrogen) atoms. The number of hydrogen-bond donors (Lipinski definition) is 0. The topological polar surface area (TPSA) is 16.4 Å². The molecule has 0 amide bonds. The maximum Gasteiger partial charge on any atom is 0.140 e. The first-order chi connectivity index (χ1) is 22.3. The Labute approximate surface area is 263 Å². The minimum absolute atomic E-state index is 0.550. The molecule has 0 saturated heterocycles. The molecule has 7 aromatic rings. The smallest absolute Gasteiger partial charge is 0.140 e. The van der Waals surface area contributed by atoms with Crippen LogP contribution in [-0.4, -0.2) is 0 Å². The Hall–Kier alpha value is -5.60. The molecule has 0 bridgehead atoms. The Balaban J connectivity index is 1.46. The molecule has 6 aromatic carbocycles. The van der Waals surface area contributed by atoms with Gasteiger partial charge in [-0.2, -0.15) is 0 Å². The summed E-state index contributed by atoms with van der Waals surface area (Å²) in [5.74, 6) is 0. The first kappa shape index (κ1) is 25.9. The highest BCUT2D eigenvalue weighted by Crippen LogP contribution is 2.60. The van der Waals surface area contributed by atoms with Crippen LogP contribution >= 0.6 is 0 Å². The van der Waals surface area contributed by atoms with Crippen LogP contribution < -0.4 is 4.90 Å². The van der Waals surface area contributed by atoms with Crippen LogP contribution in [0.15, 0.2) is 174 Å². The van der Waals surface area contributed by atoms with Gasteiger partial charge < -0.3 is 9.32 Å². The fourth-order valence-electron chi connectivity index (χ4n) is 7.74. The normalized spacial score (nSPS) is 17.1. The summed E-state index contributed by atoms with van der Waals surface area (Å²) in [5, 5.41) is 2.25. The fraction of sp³-hybridized carbons (Fsp3) is 0.0698. The summed E-state index contributed by atoms with van der Waals surface area (Å²) in [4.78, 5) is 2.37. The number of fused-ring (bicyclic) bond motifs is 6. The number of allylic oxidation sites excluding steroid dienone is 4. The van der Waals surface area contributed by atoms with Crippen molar-refractivity contribution in [3.8, 4) is 0 Å². The van der Waals surface area contributed by atoms with Crippen molar-refractivity contribution in [2.75, 3.05) is 4.90 Å². The van der Waals surface area contributed by atoms with Crippen molar-refractivity contribution in [3.05, 3.63) is 192 Å². The lowest BCUT2D eigenvalue weighted by Gasteiger charge is -2.36. The van der Waals surface area contributed by atoms with Gasteiger partial charge in [0.25, 0.3) is 0 Å². The Morgan fingerprint density at radius 1 is 0.511 bits per heavy atom. The molecule has 0 spiro atoms. The van der Waals surface area contributed by atoms with Gasteiger partial charge in [0.1, 0.15) is 11.2 Å². The van der Waals surface area contributed by atoms with Gasteiger partial charge in [-0.1, -0.05) is 121 Å². The quantitative estimate of drug-likeness (QED) is 0.202. The van der Waals surface area contributed by atoms with Crippen LogP contribution in [-0.2, 0) is 5.41 Å². The summed E-state index contributed by atoms with van der Waals surface area (Å²) < 4.78 is 6.92. The van der Waals surface area contributed by atoms with Crippen molar-refractivity contribution < 1.29 is 4.42 Å². The number of nitrogens with zero attached hydrogens (tertiary/aromatic N) is 1. The molecule has 0 fully saturated rings. The van der Waals surface area contributed by atoms with E-state index in [1.165, 1.54) is 33.4 Å². The van der Waals surface area contributed by atoms with Crippen LogP contribution in [0.1, 0.15) is 35.1 Å². The number of anilines is 3. The third-order valence-electron chi connectivity index (χ3n) is 9.54. The Morgan fingerprint density at radius 3 is 1.89 bits per heavy atom. The Bertz CT molecular complexity index is 2220. The summed E-state index contributed by atoms with van der Waals surface area (Å²) in [7, 11) is 0. The summed E-state index contributed by atoms with van der Waals surface area (Å²) in [6.45, 7) is 0. The average Bonchev–Trinajstić information content (AvgIpc) is 3.64. The average molecular weight is 578 g/mol. The van der Waals surface area contributed by atoms with Gasteiger partial charge in [0.05, 0.1) is 5.41 Å². The molecular formula is C43H31NO. The monoisotopic (exact) mass is 577 g/mol. The van der Waals surface area contributed by atoms with Crippen molar-refractivity contribution in [1.29, 1.82) is 0 Å². The zero-order valence-corrected chi connectivity index (χ0v) is 24.9. The highest BCUT2D eigenvalue weighted by Gasteiger charge is 2.50. The highest BCUT2D eigenvalue weighted by molar-refractivity contribution is 6.09. The van der Waals surface area contributed by atoms with Crippen molar-refractivity contribution in [2.24, 2.45) is 0 Å². The molecule has 1 aromatic heterocycles. The molecule has 214 valence electrons. The number of rotatable bonds is 5. The second-order valence-corrected chi connectivity index (χ2v) is 11.9. The number of benzene rings is 6. The number of para-hydroxylation sites is 3. The van der Waals surface area contributed by atoms with Gasteiger partial charge in [0.2, 0.25) is 0 Å². The lowest BCUT2D eigenvalue weighted by atomic mass is 9.66. The molecule has 0 aliphatic heterocycles. The number of hydrogen-bond acceptors (Lipinski definition) is 2. The molecular weight excluding hydrogens is 546 g/mol. The Morgan fingerprint density at radius 2 is 1.13 bits per heavy atom. The van der Waals surface area contributed by atoms with Crippen LogP contribution in [0, 0.1) is 0 Å². The van der Waals surface area contributed by atoms with E-state index >= 15 is 0 Å². The van der Waals surface area contributed by atoms with E-state index < -0.39 is 5.41 Å². The SMILES string of the molecule is C1=C2C(=CCC1)C(c1ccccc1)(c1cc(N(c3ccccc3)c3ccccc3)cc3c1oc1ccccc13)c1ccccc12. The van der Waals surface area contributed by atoms with Crippen molar-refractivity contribution in [3.63, 3.8) is 0 Å². The molecule has 2 aliphatic rings. The van der Waals surface area contributed by atoms with Gasteiger partial charge in [-0.05, 0) is 83.1 Å². The van der Waals surface area contributed by atoms with Crippen molar-refractivity contribution in [1.82, 2.24) is 0 Å². The van der Waals surface area contributed by atoms with E-state index in [-0.39, 0.29) is 0 Å². The lowest BCUT2D eigenvalue weighted by Crippen LogP contribution is -2.29. The molecule has 2 aliphatic carbocycles. The largest absolute Gasteiger partial charge is 0.456 e. The third-order valence-corrected chi connectivity index (χ3v) is 9.54. The van der Waals surface area contributed by atoms with Crippen LogP contribution in [0.5, 0.6) is 0 Å². The third kappa shape index (κ3) is 3.82. The van der Waals surface area contributed by atoms with Gasteiger partial charge in [-0.3, -0.25) is 0 Å². The zero-order valence-electron chi connectivity index (χ0n) is 24.9. The van der Waals surface area contributed by atoms with Gasteiger partial charge in [0.15, 0.2) is 0 Å². The van der Waals surface area contributed by atoms with Gasteiger partial charge in [0, 0.05) is 33.4 Å². The molecule has 1 heterocycles. The van der Waals surface area contributed by atoms with Crippen LogP contribution in [0.2, 0.25) is 0 Å². The van der Waals surface area contributed by atoms with E-state index in [1.54, 1.807) is 0 Å². The zero-order chi connectivity index (χ0) is 29.8. The Kier molecular flexibility index (Phi) is 5.89. The first-order valence-corrected chi connectivity index (χ1v) is 15.8. The number of furan rings is 1. The molecule has 0 saturated carbocycles. The standard InChI is InChI=1S/C43H31NO/c1-4-16-30(17-5-1)43(38-25-13-10-22-34(38)35-23-11-14-26-39(35)43)40-29-33(28-37-36-24-12-15-27-41(36)45-42(37)40)44(31-18-6-2-7-19-31)32-20-8-3-9-21-32/h1-10,12-13,15-29H,11,14H2. The second-order valence-electron chi connectivity index (χ2n) is 11.9. The van der Waals surface area contributed by atoms with Gasteiger partial charge in [-0.25, -0.2) is 0 Å². The minimum Gasteiger partial charge on any atom is -0.456 e. The minimum atomic E-state index is -0.550. The van der Waals surface area contributed by atoms with Crippen molar-refractivity contribution >= 4 is 44.6 Å². The molecule has 0 N–H and O–H groups in total. The van der Waals surface area contributed by atoms with E-state index in [2.05, 4.69) is 169 Å². The second kappa shape index (κ2) is 10.2.